The predicted octanol–water partition coefficient (Wildman–Crippen LogP) is 1.60. The van der Waals surface area contributed by atoms with Crippen LogP contribution in [0.5, 0.6) is 0 Å². The van der Waals surface area contributed by atoms with Crippen LogP contribution in [0.4, 0.5) is 16.2 Å². The van der Waals surface area contributed by atoms with E-state index >= 15 is 0 Å². The highest BCUT2D eigenvalue weighted by atomic mass is 19.1. The van der Waals surface area contributed by atoms with Gasteiger partial charge in [0, 0.05) is 38.1 Å². The summed E-state index contributed by atoms with van der Waals surface area (Å²) in [4.78, 5) is 20.9. The number of aryl methyl sites for hydroxylation is 2. The van der Waals surface area contributed by atoms with Crippen molar-refractivity contribution < 1.29 is 4.39 Å². The van der Waals surface area contributed by atoms with Gasteiger partial charge >= 0.3 is 0 Å². The first-order chi connectivity index (χ1) is 10.7. The zero-order valence-electron chi connectivity index (χ0n) is 12.8. The largest absolute Gasteiger partial charge is 0.351 e. The number of hydrogen-bond donors (Lipinski definition) is 0. The van der Waals surface area contributed by atoms with Crippen LogP contribution in [-0.2, 0) is 6.42 Å². The van der Waals surface area contributed by atoms with E-state index in [1.54, 1.807) is 6.20 Å². The van der Waals surface area contributed by atoms with Crippen LogP contribution >= 0.6 is 0 Å². The predicted molar refractivity (Wildman–Crippen MR) is 82.6 cm³/mol. The van der Waals surface area contributed by atoms with Gasteiger partial charge in [-0.25, -0.2) is 24.3 Å². The van der Waals surface area contributed by atoms with Gasteiger partial charge in [0.2, 0.25) is 5.95 Å². The molecule has 0 aromatic carbocycles. The number of hydrogen-bond acceptors (Lipinski definition) is 6. The van der Waals surface area contributed by atoms with E-state index in [1.165, 1.54) is 6.33 Å². The molecule has 2 aromatic heterocycles. The van der Waals surface area contributed by atoms with Gasteiger partial charge < -0.3 is 9.80 Å². The standard InChI is InChI=1S/C15H19FN6/c1-3-12-13(16)14(19-10-18-12)21-6-8-22(9-7-21)15-17-5-4-11(2)20-15/h4-5,10H,3,6-9H2,1-2H3. The Balaban J connectivity index is 1.72. The molecule has 0 saturated carbocycles. The molecule has 1 aliphatic heterocycles. The van der Waals surface area contributed by atoms with Gasteiger partial charge in [0.05, 0.1) is 5.69 Å². The van der Waals surface area contributed by atoms with Gasteiger partial charge in [-0.3, -0.25) is 0 Å². The fraction of sp³-hybridized carbons (Fsp3) is 0.467. The third-order valence-corrected chi connectivity index (χ3v) is 3.82. The molecule has 116 valence electrons. The van der Waals surface area contributed by atoms with Crippen molar-refractivity contribution in [2.45, 2.75) is 20.3 Å². The molecule has 3 heterocycles. The van der Waals surface area contributed by atoms with E-state index < -0.39 is 0 Å². The lowest BCUT2D eigenvalue weighted by Crippen LogP contribution is -2.47. The SMILES string of the molecule is CCc1ncnc(N2CCN(c3nccc(C)n3)CC2)c1F. The number of nitrogens with zero attached hydrogens (tertiary/aromatic N) is 6. The van der Waals surface area contributed by atoms with Crippen molar-refractivity contribution in [3.8, 4) is 0 Å². The molecule has 22 heavy (non-hydrogen) atoms. The second kappa shape index (κ2) is 6.21. The van der Waals surface area contributed by atoms with Gasteiger partial charge in [0.1, 0.15) is 6.33 Å². The van der Waals surface area contributed by atoms with Crippen LogP contribution in [0.25, 0.3) is 0 Å². The van der Waals surface area contributed by atoms with Crippen LogP contribution in [-0.4, -0.2) is 46.1 Å². The Hall–Kier alpha value is -2.31. The van der Waals surface area contributed by atoms with Gasteiger partial charge in [0.25, 0.3) is 0 Å². The summed E-state index contributed by atoms with van der Waals surface area (Å²) in [6, 6.07) is 1.88. The van der Waals surface area contributed by atoms with Gasteiger partial charge in [-0.05, 0) is 19.4 Å². The summed E-state index contributed by atoms with van der Waals surface area (Å²) in [6.07, 6.45) is 3.77. The van der Waals surface area contributed by atoms with Crippen LogP contribution in [0.3, 0.4) is 0 Å². The van der Waals surface area contributed by atoms with Gasteiger partial charge in [0.15, 0.2) is 11.6 Å². The van der Waals surface area contributed by atoms with Crippen molar-refractivity contribution in [1.29, 1.82) is 0 Å². The Morgan fingerprint density at radius 1 is 1.09 bits per heavy atom. The van der Waals surface area contributed by atoms with Crippen LogP contribution in [0.2, 0.25) is 0 Å². The molecule has 0 atom stereocenters. The molecule has 7 heteroatoms. The summed E-state index contributed by atoms with van der Waals surface area (Å²) in [5.41, 5.74) is 1.41. The van der Waals surface area contributed by atoms with Crippen molar-refractivity contribution in [1.82, 2.24) is 19.9 Å². The highest BCUT2D eigenvalue weighted by Gasteiger charge is 2.23. The minimum Gasteiger partial charge on any atom is -0.351 e. The first-order valence-corrected chi connectivity index (χ1v) is 7.48. The third-order valence-electron chi connectivity index (χ3n) is 3.82. The Morgan fingerprint density at radius 3 is 2.50 bits per heavy atom. The Kier molecular flexibility index (Phi) is 4.13. The van der Waals surface area contributed by atoms with Crippen LogP contribution in [0, 0.1) is 12.7 Å². The zero-order chi connectivity index (χ0) is 15.5. The summed E-state index contributed by atoms with van der Waals surface area (Å²) in [5.74, 6) is 0.832. The first-order valence-electron chi connectivity index (χ1n) is 7.48. The van der Waals surface area contributed by atoms with E-state index in [-0.39, 0.29) is 5.82 Å². The summed E-state index contributed by atoms with van der Waals surface area (Å²) in [6.45, 7) is 6.71. The van der Waals surface area contributed by atoms with Gasteiger partial charge in [-0.2, -0.15) is 0 Å². The highest BCUT2D eigenvalue weighted by Crippen LogP contribution is 2.21. The lowest BCUT2D eigenvalue weighted by Gasteiger charge is -2.35. The molecule has 3 rings (SSSR count). The molecule has 0 N–H and O–H groups in total. The minimum atomic E-state index is -0.301. The van der Waals surface area contributed by atoms with E-state index in [2.05, 4.69) is 24.8 Å². The quantitative estimate of drug-likeness (QED) is 0.858. The zero-order valence-corrected chi connectivity index (χ0v) is 12.8. The second-order valence-electron chi connectivity index (χ2n) is 5.28. The van der Waals surface area contributed by atoms with E-state index in [4.69, 9.17) is 0 Å². The van der Waals surface area contributed by atoms with E-state index in [0.717, 1.165) is 24.7 Å². The van der Waals surface area contributed by atoms with E-state index in [1.807, 2.05) is 24.8 Å². The normalized spacial score (nSPS) is 15.2. The van der Waals surface area contributed by atoms with E-state index in [9.17, 15) is 4.39 Å². The molecule has 1 saturated heterocycles. The fourth-order valence-corrected chi connectivity index (χ4v) is 2.57. The van der Waals surface area contributed by atoms with Crippen molar-refractivity contribution in [2.75, 3.05) is 36.0 Å². The molecule has 1 fully saturated rings. The molecule has 1 aliphatic rings. The molecule has 6 nitrogen and oxygen atoms in total. The minimum absolute atomic E-state index is 0.301. The van der Waals surface area contributed by atoms with Gasteiger partial charge in [-0.1, -0.05) is 6.92 Å². The Morgan fingerprint density at radius 2 is 1.82 bits per heavy atom. The molecular formula is C15H19FN6. The van der Waals surface area contributed by atoms with Gasteiger partial charge in [-0.15, -0.1) is 0 Å². The molecule has 0 spiro atoms. The number of rotatable bonds is 3. The second-order valence-corrected chi connectivity index (χ2v) is 5.28. The van der Waals surface area contributed by atoms with Crippen LogP contribution in [0.15, 0.2) is 18.6 Å². The summed E-state index contributed by atoms with van der Waals surface area (Å²) < 4.78 is 14.3. The maximum atomic E-state index is 14.3. The topological polar surface area (TPSA) is 58.0 Å². The molecule has 0 amide bonds. The highest BCUT2D eigenvalue weighted by molar-refractivity contribution is 5.44. The van der Waals surface area contributed by atoms with Crippen LogP contribution < -0.4 is 9.80 Å². The van der Waals surface area contributed by atoms with E-state index in [0.29, 0.717) is 31.0 Å². The van der Waals surface area contributed by atoms with Crippen molar-refractivity contribution >= 4 is 11.8 Å². The summed E-state index contributed by atoms with van der Waals surface area (Å²) in [5, 5.41) is 0. The summed E-state index contributed by atoms with van der Waals surface area (Å²) >= 11 is 0. The van der Waals surface area contributed by atoms with Crippen molar-refractivity contribution in [3.05, 3.63) is 35.8 Å². The monoisotopic (exact) mass is 302 g/mol. The third kappa shape index (κ3) is 2.84. The van der Waals surface area contributed by atoms with Crippen molar-refractivity contribution in [3.63, 3.8) is 0 Å². The van der Waals surface area contributed by atoms with Crippen molar-refractivity contribution in [2.24, 2.45) is 0 Å². The number of piperazine rings is 1. The number of aromatic nitrogens is 4. The van der Waals surface area contributed by atoms with Crippen LogP contribution in [0.1, 0.15) is 18.3 Å². The molecule has 2 aromatic rings. The average molecular weight is 302 g/mol. The average Bonchev–Trinajstić information content (AvgIpc) is 2.55. The number of halogens is 1. The lowest BCUT2D eigenvalue weighted by atomic mass is 10.2. The Labute approximate surface area is 129 Å². The number of anilines is 2. The molecule has 0 unspecified atom stereocenters. The molecule has 0 radical (unpaired) electrons. The maximum Gasteiger partial charge on any atom is 0.225 e. The molecule has 0 bridgehead atoms. The summed E-state index contributed by atoms with van der Waals surface area (Å²) in [7, 11) is 0. The lowest BCUT2D eigenvalue weighted by molar-refractivity contribution is 0.566. The molecule has 0 aliphatic carbocycles. The Bertz CT molecular complexity index is 654. The smallest absolute Gasteiger partial charge is 0.225 e. The fourth-order valence-electron chi connectivity index (χ4n) is 2.57. The first kappa shape index (κ1) is 14.6. The maximum absolute atomic E-state index is 14.3. The molecular weight excluding hydrogens is 283 g/mol.